The highest BCUT2D eigenvalue weighted by molar-refractivity contribution is 5.74. The molecule has 0 bridgehead atoms. The molecule has 0 radical (unpaired) electrons. The van der Waals surface area contributed by atoms with Crippen LogP contribution in [0.5, 0.6) is 0 Å². The average molecular weight is 1110 g/mol. The third-order valence-electron chi connectivity index (χ3n) is 13.6. The first-order valence-corrected chi connectivity index (χ1v) is 24.1. The molecule has 440 valence electrons. The molecule has 20 N–H and O–H groups in total. The highest BCUT2D eigenvalue weighted by Crippen LogP contribution is 2.36. The van der Waals surface area contributed by atoms with Crippen LogP contribution < -0.4 is 16.0 Å². The first kappa shape index (κ1) is 62.5. The number of aliphatic hydroxyl groups is 17. The maximum atomic E-state index is 12.5. The molecule has 6 heterocycles. The van der Waals surface area contributed by atoms with Gasteiger partial charge in [0.1, 0.15) is 146 Å². The number of carbonyl (C=O) groups excluding carboxylic acids is 3. The van der Waals surface area contributed by atoms with Crippen LogP contribution in [-0.2, 0) is 66.5 Å². The number of rotatable bonds is 19. The Kier molecular flexibility index (Phi) is 22.3. The third-order valence-corrected chi connectivity index (χ3v) is 13.6. The van der Waals surface area contributed by atoms with Crippen LogP contribution in [0.25, 0.3) is 0 Å². The van der Waals surface area contributed by atoms with Gasteiger partial charge in [0, 0.05) is 20.8 Å². The summed E-state index contributed by atoms with van der Waals surface area (Å²) in [4.78, 5) is 37.3. The second-order valence-electron chi connectivity index (χ2n) is 19.0. The van der Waals surface area contributed by atoms with Crippen molar-refractivity contribution in [1.82, 2.24) is 16.0 Å². The van der Waals surface area contributed by atoms with E-state index in [1.807, 2.05) is 0 Å². The Morgan fingerprint density at radius 2 is 0.684 bits per heavy atom. The molecule has 0 aromatic rings. The fourth-order valence-corrected chi connectivity index (χ4v) is 9.62. The quantitative estimate of drug-likeness (QED) is 0.0571. The van der Waals surface area contributed by atoms with Crippen molar-refractivity contribution >= 4 is 17.7 Å². The number of aliphatic hydroxyl groups excluding tert-OH is 17. The van der Waals surface area contributed by atoms with Crippen molar-refractivity contribution in [3.05, 3.63) is 0 Å². The molecule has 0 aromatic carbocycles. The average Bonchev–Trinajstić information content (AvgIpc) is 3.37. The number of amides is 3. The fourth-order valence-electron chi connectivity index (χ4n) is 9.62. The minimum Gasteiger partial charge on any atom is -0.394 e. The predicted octanol–water partition coefficient (Wildman–Crippen LogP) is -13.7. The lowest BCUT2D eigenvalue weighted by Gasteiger charge is -2.50. The zero-order valence-corrected chi connectivity index (χ0v) is 40.9. The Labute approximate surface area is 431 Å². The molecule has 0 spiro atoms. The summed E-state index contributed by atoms with van der Waals surface area (Å²) in [6.45, 7) is -2.43. The zero-order valence-electron chi connectivity index (χ0n) is 40.9. The summed E-state index contributed by atoms with van der Waals surface area (Å²) < 4.78 is 62.9. The number of carbonyl (C=O) groups is 3. The van der Waals surface area contributed by atoms with Crippen LogP contribution in [0.1, 0.15) is 20.8 Å². The first-order valence-electron chi connectivity index (χ1n) is 24.1. The van der Waals surface area contributed by atoms with E-state index in [2.05, 4.69) is 16.0 Å². The van der Waals surface area contributed by atoms with Crippen molar-refractivity contribution in [2.75, 3.05) is 39.6 Å². The van der Waals surface area contributed by atoms with E-state index in [1.165, 1.54) is 0 Å². The Morgan fingerprint density at radius 1 is 0.342 bits per heavy atom. The summed E-state index contributed by atoms with van der Waals surface area (Å²) >= 11 is 0. The molecule has 0 aromatic heterocycles. The van der Waals surface area contributed by atoms with Gasteiger partial charge in [0.05, 0.1) is 39.6 Å². The molecular formula is C42H71N3O31. The van der Waals surface area contributed by atoms with E-state index >= 15 is 0 Å². The minimum atomic E-state index is -2.23. The van der Waals surface area contributed by atoms with E-state index in [0.717, 1.165) is 20.8 Å². The fraction of sp³-hybridized carbons (Fsp3) is 0.929. The number of hydrogen-bond donors (Lipinski definition) is 20. The van der Waals surface area contributed by atoms with Gasteiger partial charge < -0.3 is 155 Å². The van der Waals surface area contributed by atoms with Gasteiger partial charge in [-0.25, -0.2) is 0 Å². The topological polar surface area (TPSA) is 533 Å². The van der Waals surface area contributed by atoms with Gasteiger partial charge in [0.2, 0.25) is 17.7 Å². The van der Waals surface area contributed by atoms with E-state index in [4.69, 9.17) is 52.1 Å². The standard InChI is InChI=1S/C42H71N3O31/c1-10(51)43-19-26(58)33(73-40-30(62)28(60)22(54)13(4-46)68-40)16(7-49)71-38(19)66-9-18-25(57)35(21(37(65)67-18)45-12(3)53)75-42-32(64)36(24(56)15(6-48)70-42)76-39-20(44-11(2)52)27(59)34(17(8-50)72-39)74-41-31(63)29(61)23(55)14(5-47)69-41/h13-42,46-50,54-65H,4-9H2,1-3H3,(H,43,51)(H,44,52)(H,45,53)/t13-,14-,15-,16-,17-,18-,19-,20-,21-,22+,23+,24+,25+,26-,27-,28+,29+,30-,31-,32-,33-,34-,35-,36+,37?,38-,39+,40+,41+,42+/m1/s1. The largest absolute Gasteiger partial charge is 0.394 e. The zero-order chi connectivity index (χ0) is 56.2. The minimum absolute atomic E-state index is 0.777. The SMILES string of the molecule is CC(=O)N[C@H]1[C@H](OC[C@H]2OC(O)[C@H](NC(C)=O)[C@@H](O[C@@H]3O[C@H](CO)[C@H](O)[C@H](O[C@@H]4O[C@H](CO)[C@@H](O[C@@H]5O[C@H](CO)[C@H](O)[C@H](O)[C@H]5O)[C@H](O)[C@H]4NC(C)=O)[C@H]3O)[C@H]2O)O[C@H](CO)[C@@H](O[C@@H]2O[C@H](CO)[C@H](O)[C@H](O)[C@H]2O)[C@@H]1O. The van der Waals surface area contributed by atoms with E-state index in [9.17, 15) is 101 Å². The molecule has 6 saturated heterocycles. The highest BCUT2D eigenvalue weighted by atomic mass is 16.8. The Morgan fingerprint density at radius 3 is 1.12 bits per heavy atom. The van der Waals surface area contributed by atoms with Gasteiger partial charge in [-0.3, -0.25) is 14.4 Å². The molecule has 6 fully saturated rings. The number of nitrogens with one attached hydrogen (secondary N) is 3. The molecule has 34 heteroatoms. The summed E-state index contributed by atoms with van der Waals surface area (Å²) in [5, 5.41) is 189. The summed E-state index contributed by atoms with van der Waals surface area (Å²) in [7, 11) is 0. The van der Waals surface area contributed by atoms with Crippen LogP contribution >= 0.6 is 0 Å². The van der Waals surface area contributed by atoms with Gasteiger partial charge in [0.15, 0.2) is 37.7 Å². The number of ether oxygens (including phenoxy) is 11. The summed E-state index contributed by atoms with van der Waals surface area (Å²) in [5.74, 6) is -2.43. The van der Waals surface area contributed by atoms with Crippen LogP contribution in [0.15, 0.2) is 0 Å². The Hall–Kier alpha value is -2.71. The van der Waals surface area contributed by atoms with Crippen molar-refractivity contribution < 1.29 is 153 Å². The molecule has 6 aliphatic heterocycles. The first-order chi connectivity index (χ1) is 35.9. The lowest BCUT2D eigenvalue weighted by molar-refractivity contribution is -0.376. The third kappa shape index (κ3) is 13.7. The molecule has 0 aliphatic carbocycles. The van der Waals surface area contributed by atoms with Crippen molar-refractivity contribution in [3.63, 3.8) is 0 Å². The smallest absolute Gasteiger partial charge is 0.217 e. The van der Waals surface area contributed by atoms with Crippen molar-refractivity contribution in [2.45, 2.75) is 205 Å². The normalized spacial score (nSPS) is 48.2. The molecule has 1 unspecified atom stereocenters. The van der Waals surface area contributed by atoms with Crippen molar-refractivity contribution in [2.24, 2.45) is 0 Å². The van der Waals surface area contributed by atoms with Crippen LogP contribution in [-0.4, -0.2) is 328 Å². The lowest BCUT2D eigenvalue weighted by atomic mass is 9.94. The van der Waals surface area contributed by atoms with Crippen molar-refractivity contribution in [1.29, 1.82) is 0 Å². The molecule has 76 heavy (non-hydrogen) atoms. The highest BCUT2D eigenvalue weighted by Gasteiger charge is 2.57. The Balaban J connectivity index is 1.20. The van der Waals surface area contributed by atoms with Crippen LogP contribution in [0.3, 0.4) is 0 Å². The molecule has 30 atom stereocenters. The van der Waals surface area contributed by atoms with E-state index < -0.39 is 241 Å². The van der Waals surface area contributed by atoms with Crippen molar-refractivity contribution in [3.8, 4) is 0 Å². The van der Waals surface area contributed by atoms with Crippen LogP contribution in [0.2, 0.25) is 0 Å². The maximum Gasteiger partial charge on any atom is 0.217 e. The summed E-state index contributed by atoms with van der Waals surface area (Å²) in [6, 6.07) is -5.07. The van der Waals surface area contributed by atoms with Gasteiger partial charge in [0.25, 0.3) is 0 Å². The molecular weight excluding hydrogens is 1040 g/mol. The molecule has 0 saturated carbocycles. The van der Waals surface area contributed by atoms with E-state index in [1.54, 1.807) is 0 Å². The molecule has 6 rings (SSSR count). The van der Waals surface area contributed by atoms with Gasteiger partial charge in [-0.05, 0) is 0 Å². The predicted molar refractivity (Wildman–Crippen MR) is 234 cm³/mol. The van der Waals surface area contributed by atoms with E-state index in [-0.39, 0.29) is 0 Å². The second-order valence-corrected chi connectivity index (χ2v) is 19.0. The van der Waals surface area contributed by atoms with Gasteiger partial charge in [-0.1, -0.05) is 0 Å². The molecule has 34 nitrogen and oxygen atoms in total. The monoisotopic (exact) mass is 1110 g/mol. The van der Waals surface area contributed by atoms with E-state index in [0.29, 0.717) is 0 Å². The van der Waals surface area contributed by atoms with Crippen LogP contribution in [0, 0.1) is 0 Å². The van der Waals surface area contributed by atoms with Gasteiger partial charge in [-0.15, -0.1) is 0 Å². The van der Waals surface area contributed by atoms with Gasteiger partial charge in [-0.2, -0.15) is 0 Å². The molecule has 3 amide bonds. The number of hydrogen-bond acceptors (Lipinski definition) is 31. The summed E-state index contributed by atoms with van der Waals surface area (Å²) in [5.41, 5.74) is 0. The maximum absolute atomic E-state index is 12.5. The Bertz CT molecular complexity index is 1870. The molecule has 6 aliphatic rings. The lowest BCUT2D eigenvalue weighted by Crippen LogP contribution is -2.70. The second kappa shape index (κ2) is 27.2. The van der Waals surface area contributed by atoms with Gasteiger partial charge >= 0.3 is 0 Å². The summed E-state index contributed by atoms with van der Waals surface area (Å²) in [6.07, 6.45) is -50.1. The van der Waals surface area contributed by atoms with Crippen LogP contribution in [0.4, 0.5) is 0 Å².